The first-order valence-electron chi connectivity index (χ1n) is 10.9. The van der Waals surface area contributed by atoms with Crippen molar-refractivity contribution < 1.29 is 9.53 Å². The third-order valence-electron chi connectivity index (χ3n) is 5.67. The minimum Gasteiger partial charge on any atom is -0.493 e. The molecule has 0 bridgehead atoms. The van der Waals surface area contributed by atoms with Gasteiger partial charge in [-0.3, -0.25) is 4.79 Å². The van der Waals surface area contributed by atoms with Crippen molar-refractivity contribution in [2.45, 2.75) is 45.6 Å². The van der Waals surface area contributed by atoms with E-state index in [4.69, 9.17) is 20.4 Å². The molecule has 0 aliphatic carbocycles. The van der Waals surface area contributed by atoms with Crippen molar-refractivity contribution in [3.05, 3.63) is 30.4 Å². The lowest BCUT2D eigenvalue weighted by Gasteiger charge is -2.15. The van der Waals surface area contributed by atoms with Crippen molar-refractivity contribution in [3.63, 3.8) is 0 Å². The Balaban J connectivity index is 1.71. The average molecular weight is 451 g/mol. The van der Waals surface area contributed by atoms with Crippen LogP contribution in [0.15, 0.2) is 24.5 Å². The van der Waals surface area contributed by atoms with E-state index in [1.54, 1.807) is 26.4 Å². The quantitative estimate of drug-likeness (QED) is 0.540. The lowest BCUT2D eigenvalue weighted by Crippen LogP contribution is -2.30. The monoisotopic (exact) mass is 450 g/mol. The second kappa shape index (κ2) is 8.68. The number of ether oxygens (including phenoxy) is 1. The Morgan fingerprint density at radius 3 is 2.76 bits per heavy atom. The predicted molar refractivity (Wildman–Crippen MR) is 127 cm³/mol. The van der Waals surface area contributed by atoms with Gasteiger partial charge < -0.3 is 25.7 Å². The first-order chi connectivity index (χ1) is 15.7. The summed E-state index contributed by atoms with van der Waals surface area (Å²) in [5, 5.41) is 3.36. The number of imidazole rings is 1. The van der Waals surface area contributed by atoms with Crippen LogP contribution in [0.1, 0.15) is 39.9 Å². The molecule has 3 aromatic rings. The number of likely N-dealkylation sites (tertiary alicyclic amines) is 1. The van der Waals surface area contributed by atoms with E-state index < -0.39 is 0 Å². The van der Waals surface area contributed by atoms with Gasteiger partial charge in [0.15, 0.2) is 11.6 Å². The maximum atomic E-state index is 11.6. The third kappa shape index (κ3) is 4.74. The van der Waals surface area contributed by atoms with Gasteiger partial charge in [0, 0.05) is 49.4 Å². The Morgan fingerprint density at radius 2 is 2.09 bits per heavy atom. The largest absolute Gasteiger partial charge is 0.493 e. The van der Waals surface area contributed by atoms with E-state index in [-0.39, 0.29) is 17.4 Å². The summed E-state index contributed by atoms with van der Waals surface area (Å²) in [5.74, 6) is 2.22. The number of nitrogens with zero attached hydrogens (tertiary/aromatic N) is 5. The number of nitrogen functional groups attached to an aromatic ring is 1. The van der Waals surface area contributed by atoms with E-state index in [1.807, 2.05) is 17.0 Å². The molecule has 4 rings (SSSR count). The summed E-state index contributed by atoms with van der Waals surface area (Å²) >= 11 is 0. The van der Waals surface area contributed by atoms with Gasteiger partial charge in [-0.05, 0) is 18.6 Å². The summed E-state index contributed by atoms with van der Waals surface area (Å²) in [6, 6.07) is 3.78. The maximum absolute atomic E-state index is 11.6. The molecule has 1 aliphatic heterocycles. The number of carbonyl (C=O) groups is 1. The molecule has 1 aliphatic rings. The molecular weight excluding hydrogens is 420 g/mol. The molecule has 1 fully saturated rings. The summed E-state index contributed by atoms with van der Waals surface area (Å²) in [7, 11) is 1.56. The van der Waals surface area contributed by atoms with Gasteiger partial charge in [-0.1, -0.05) is 20.8 Å². The average Bonchev–Trinajstić information content (AvgIpc) is 3.42. The molecule has 33 heavy (non-hydrogen) atoms. The van der Waals surface area contributed by atoms with E-state index in [1.165, 1.54) is 0 Å². The van der Waals surface area contributed by atoms with E-state index in [0.717, 1.165) is 30.0 Å². The van der Waals surface area contributed by atoms with Crippen LogP contribution in [0, 0.1) is 0 Å². The van der Waals surface area contributed by atoms with Crippen LogP contribution >= 0.6 is 0 Å². The van der Waals surface area contributed by atoms with Gasteiger partial charge in [-0.2, -0.15) is 0 Å². The minimum atomic E-state index is -0.202. The van der Waals surface area contributed by atoms with Gasteiger partial charge in [0.25, 0.3) is 0 Å². The van der Waals surface area contributed by atoms with Crippen LogP contribution < -0.4 is 15.8 Å². The molecule has 10 nitrogen and oxygen atoms in total. The molecule has 1 amide bonds. The van der Waals surface area contributed by atoms with Crippen molar-refractivity contribution in [1.29, 1.82) is 0 Å². The number of carbonyl (C=O) groups excluding carboxylic acids is 1. The van der Waals surface area contributed by atoms with Crippen molar-refractivity contribution in [2.75, 3.05) is 31.2 Å². The molecule has 4 N–H and O–H groups in total. The smallest absolute Gasteiger partial charge is 0.223 e. The number of amides is 1. The number of pyridine rings is 1. The molecule has 0 radical (unpaired) electrons. The lowest BCUT2D eigenvalue weighted by molar-refractivity contribution is -0.127. The normalized spacial score (nSPS) is 16.2. The number of aromatic nitrogens is 5. The number of aromatic amines is 1. The Hall–Kier alpha value is -3.69. The lowest BCUT2D eigenvalue weighted by atomic mass is 9.96. The van der Waals surface area contributed by atoms with Gasteiger partial charge in [0.2, 0.25) is 11.9 Å². The Bertz CT molecular complexity index is 1170. The molecule has 0 unspecified atom stereocenters. The van der Waals surface area contributed by atoms with E-state index in [9.17, 15) is 4.79 Å². The highest BCUT2D eigenvalue weighted by molar-refractivity contribution is 5.78. The standard InChI is InChI=1S/C23H30N8O2/c1-13(32)31-9-7-15(12-31)27-22-25-8-6-16(28-22)19-18(29-21(30-19)23(2,3)4)14-10-17(33-5)20(24)26-11-14/h6,8,10-11,15H,7,9,12H2,1-5H3,(H2,24,26)(H,29,30)(H,25,27,28)/t15-/m1/s1. The van der Waals surface area contributed by atoms with Gasteiger partial charge in [0.1, 0.15) is 5.82 Å². The zero-order valence-corrected chi connectivity index (χ0v) is 19.6. The van der Waals surface area contributed by atoms with E-state index >= 15 is 0 Å². The topological polar surface area (TPSA) is 135 Å². The molecule has 10 heteroatoms. The van der Waals surface area contributed by atoms with Crippen LogP contribution in [0.2, 0.25) is 0 Å². The van der Waals surface area contributed by atoms with Crippen molar-refractivity contribution >= 4 is 17.7 Å². The molecule has 1 atom stereocenters. The molecule has 3 aromatic heterocycles. The van der Waals surface area contributed by atoms with Crippen LogP contribution in [0.5, 0.6) is 5.75 Å². The van der Waals surface area contributed by atoms with Crippen LogP contribution in [-0.4, -0.2) is 62.0 Å². The Kier molecular flexibility index (Phi) is 5.92. The van der Waals surface area contributed by atoms with E-state index in [2.05, 4.69) is 41.0 Å². The van der Waals surface area contributed by atoms with Crippen molar-refractivity contribution in [3.8, 4) is 28.4 Å². The fraction of sp³-hybridized carbons (Fsp3) is 0.435. The first kappa shape index (κ1) is 22.5. The highest BCUT2D eigenvalue weighted by atomic mass is 16.5. The second-order valence-corrected chi connectivity index (χ2v) is 9.23. The Labute approximate surface area is 193 Å². The summed E-state index contributed by atoms with van der Waals surface area (Å²) in [6.45, 7) is 9.24. The molecule has 174 valence electrons. The van der Waals surface area contributed by atoms with Crippen LogP contribution in [0.25, 0.3) is 22.6 Å². The van der Waals surface area contributed by atoms with Crippen LogP contribution in [-0.2, 0) is 10.2 Å². The number of nitrogens with two attached hydrogens (primary N) is 1. The fourth-order valence-electron chi connectivity index (χ4n) is 3.78. The van der Waals surface area contributed by atoms with Gasteiger partial charge in [-0.25, -0.2) is 19.9 Å². The first-order valence-corrected chi connectivity index (χ1v) is 10.9. The molecule has 1 saturated heterocycles. The SMILES string of the molecule is COc1cc(-c2nc(C(C)(C)C)[nH]c2-c2ccnc(N[C@@H]3CCN(C(C)=O)C3)n2)cnc1N. The predicted octanol–water partition coefficient (Wildman–Crippen LogP) is 2.85. The summed E-state index contributed by atoms with van der Waals surface area (Å²) < 4.78 is 5.36. The third-order valence-corrected chi connectivity index (χ3v) is 5.67. The number of hydrogen-bond acceptors (Lipinski definition) is 8. The Morgan fingerprint density at radius 1 is 1.30 bits per heavy atom. The molecule has 0 saturated carbocycles. The molecular formula is C23H30N8O2. The van der Waals surface area contributed by atoms with Crippen molar-refractivity contribution in [2.24, 2.45) is 0 Å². The van der Waals surface area contributed by atoms with Gasteiger partial charge in [0.05, 0.1) is 24.2 Å². The zero-order chi connectivity index (χ0) is 23.8. The number of rotatable bonds is 5. The van der Waals surface area contributed by atoms with Gasteiger partial charge >= 0.3 is 0 Å². The number of anilines is 2. The van der Waals surface area contributed by atoms with Crippen LogP contribution in [0.3, 0.4) is 0 Å². The van der Waals surface area contributed by atoms with Crippen molar-refractivity contribution in [1.82, 2.24) is 29.8 Å². The number of hydrogen-bond donors (Lipinski definition) is 3. The number of methoxy groups -OCH3 is 1. The molecule has 4 heterocycles. The number of nitrogens with one attached hydrogen (secondary N) is 2. The minimum absolute atomic E-state index is 0.0818. The highest BCUT2D eigenvalue weighted by Crippen LogP contribution is 2.35. The van der Waals surface area contributed by atoms with E-state index in [0.29, 0.717) is 35.4 Å². The summed E-state index contributed by atoms with van der Waals surface area (Å²) in [4.78, 5) is 35.2. The fourth-order valence-corrected chi connectivity index (χ4v) is 3.78. The summed E-state index contributed by atoms with van der Waals surface area (Å²) in [5.41, 5.74) is 8.64. The zero-order valence-electron chi connectivity index (χ0n) is 19.6. The molecule has 0 aromatic carbocycles. The second-order valence-electron chi connectivity index (χ2n) is 9.23. The van der Waals surface area contributed by atoms with Gasteiger partial charge in [-0.15, -0.1) is 0 Å². The number of H-pyrrole nitrogens is 1. The highest BCUT2D eigenvalue weighted by Gasteiger charge is 2.26. The maximum Gasteiger partial charge on any atom is 0.223 e. The van der Waals surface area contributed by atoms with Crippen LogP contribution in [0.4, 0.5) is 11.8 Å². The summed E-state index contributed by atoms with van der Waals surface area (Å²) in [6.07, 6.45) is 4.25. The molecule has 0 spiro atoms.